The van der Waals surface area contributed by atoms with Gasteiger partial charge in [-0.1, -0.05) is 73.9 Å². The number of alkyl halides is 3. The Morgan fingerprint density at radius 1 is 1.00 bits per heavy atom. The van der Waals surface area contributed by atoms with Crippen LogP contribution in [0.1, 0.15) is 58.2 Å². The van der Waals surface area contributed by atoms with E-state index in [4.69, 9.17) is 30.2 Å². The lowest BCUT2D eigenvalue weighted by Crippen LogP contribution is -2.24. The van der Waals surface area contributed by atoms with Gasteiger partial charge in [0.25, 0.3) is 11.8 Å². The van der Waals surface area contributed by atoms with E-state index in [1.165, 1.54) is 50.4 Å². The van der Waals surface area contributed by atoms with Crippen LogP contribution in [0, 0.1) is 18.2 Å². The first-order chi connectivity index (χ1) is 19.8. The van der Waals surface area contributed by atoms with Crippen LogP contribution >= 0.6 is 23.8 Å². The average molecular weight is 623 g/mol. The van der Waals surface area contributed by atoms with Gasteiger partial charge >= 0.3 is 12.1 Å². The van der Waals surface area contributed by atoms with Gasteiger partial charge in [-0.2, -0.15) is 13.2 Å². The highest BCUT2D eigenvalue weighted by Gasteiger charge is 2.36. The van der Waals surface area contributed by atoms with E-state index >= 15 is 0 Å². The van der Waals surface area contributed by atoms with E-state index in [0.29, 0.717) is 0 Å². The molecule has 6 nitrogen and oxygen atoms in total. The van der Waals surface area contributed by atoms with Crippen LogP contribution in [0.2, 0.25) is 5.02 Å². The van der Waals surface area contributed by atoms with Crippen LogP contribution in [0.3, 0.4) is 0 Å². The number of hydrogen-bond acceptors (Lipinski definition) is 5. The molecule has 42 heavy (non-hydrogen) atoms. The number of anilines is 1. The van der Waals surface area contributed by atoms with Crippen LogP contribution in [0.15, 0.2) is 60.7 Å². The summed E-state index contributed by atoms with van der Waals surface area (Å²) >= 11 is 11.3. The molecule has 0 saturated heterocycles. The van der Waals surface area contributed by atoms with Crippen molar-refractivity contribution in [3.05, 3.63) is 99.3 Å². The minimum Gasteiger partial charge on any atom is -0.469 e. The third-order valence-electron chi connectivity index (χ3n) is 5.08. The number of ether oxygens (including phenoxy) is 1. The SMILES string of the molecule is C#CCNC(=O)c1ccc(C(=S)c2ccccc2F)c(NC(=O)c2c(Cl)cccc2C(F)(F)F)c1.CC.COC(C)=O. The van der Waals surface area contributed by atoms with E-state index in [-0.39, 0.29) is 39.8 Å². The maximum absolute atomic E-state index is 14.4. The quantitative estimate of drug-likeness (QED) is 0.101. The predicted molar refractivity (Wildman–Crippen MR) is 158 cm³/mol. The van der Waals surface area contributed by atoms with Gasteiger partial charge < -0.3 is 15.4 Å². The fourth-order valence-corrected chi connectivity index (χ4v) is 3.79. The molecule has 0 spiro atoms. The Bertz CT molecular complexity index is 1490. The van der Waals surface area contributed by atoms with Crippen molar-refractivity contribution < 1.29 is 36.7 Å². The van der Waals surface area contributed by atoms with Crippen molar-refractivity contribution in [1.82, 2.24) is 5.32 Å². The Balaban J connectivity index is 0.00000114. The third-order valence-corrected chi connectivity index (χ3v) is 5.83. The number of hydrogen-bond donors (Lipinski definition) is 2. The monoisotopic (exact) mass is 622 g/mol. The van der Waals surface area contributed by atoms with Crippen LogP contribution in [-0.2, 0) is 15.7 Å². The van der Waals surface area contributed by atoms with Gasteiger partial charge in [0, 0.05) is 23.6 Å². The molecule has 0 fully saturated rings. The molecule has 0 radical (unpaired) electrons. The largest absolute Gasteiger partial charge is 0.469 e. The maximum atomic E-state index is 14.4. The Morgan fingerprint density at radius 3 is 2.17 bits per heavy atom. The summed E-state index contributed by atoms with van der Waals surface area (Å²) in [5, 5.41) is 4.35. The van der Waals surface area contributed by atoms with Gasteiger partial charge in [-0.3, -0.25) is 14.4 Å². The highest BCUT2D eigenvalue weighted by atomic mass is 35.5. The number of benzene rings is 3. The molecule has 12 heteroatoms. The molecular formula is C30H27ClF4N2O4S. The van der Waals surface area contributed by atoms with Crippen molar-refractivity contribution in [1.29, 1.82) is 0 Å². The molecular weight excluding hydrogens is 596 g/mol. The minimum atomic E-state index is -4.86. The maximum Gasteiger partial charge on any atom is 0.417 e. The van der Waals surface area contributed by atoms with Crippen molar-refractivity contribution in [3.63, 3.8) is 0 Å². The van der Waals surface area contributed by atoms with Crippen molar-refractivity contribution in [2.75, 3.05) is 19.0 Å². The number of thiocarbonyl (C=S) groups is 1. The van der Waals surface area contributed by atoms with Gasteiger partial charge in [0.1, 0.15) is 5.82 Å². The van der Waals surface area contributed by atoms with Crippen molar-refractivity contribution >= 4 is 52.2 Å². The molecule has 0 aliphatic carbocycles. The Kier molecular flexibility index (Phi) is 14.4. The van der Waals surface area contributed by atoms with Crippen molar-refractivity contribution in [3.8, 4) is 12.3 Å². The molecule has 3 aromatic rings. The lowest BCUT2D eigenvalue weighted by molar-refractivity contribution is -0.138. The smallest absolute Gasteiger partial charge is 0.417 e. The topological polar surface area (TPSA) is 84.5 Å². The highest BCUT2D eigenvalue weighted by Crippen LogP contribution is 2.35. The lowest BCUT2D eigenvalue weighted by Gasteiger charge is -2.17. The summed E-state index contributed by atoms with van der Waals surface area (Å²) in [5.41, 5.74) is -2.02. The first-order valence-electron chi connectivity index (χ1n) is 12.2. The molecule has 0 unspecified atom stereocenters. The molecule has 0 bridgehead atoms. The van der Waals surface area contributed by atoms with Crippen LogP contribution in [0.25, 0.3) is 0 Å². The number of terminal acetylenes is 1. The zero-order valence-electron chi connectivity index (χ0n) is 23.0. The molecule has 2 N–H and O–H groups in total. The highest BCUT2D eigenvalue weighted by molar-refractivity contribution is 7.81. The summed E-state index contributed by atoms with van der Waals surface area (Å²) in [7, 11) is 1.35. The molecule has 0 saturated carbocycles. The summed E-state index contributed by atoms with van der Waals surface area (Å²) in [6, 6.07) is 12.4. The van der Waals surface area contributed by atoms with E-state index in [1.807, 2.05) is 13.8 Å². The predicted octanol–water partition coefficient (Wildman–Crippen LogP) is 7.09. The van der Waals surface area contributed by atoms with Gasteiger partial charge in [-0.15, -0.1) is 6.42 Å². The molecule has 0 aromatic heterocycles. The second-order valence-electron chi connectivity index (χ2n) is 7.77. The first-order valence-corrected chi connectivity index (χ1v) is 13.0. The van der Waals surface area contributed by atoms with E-state index < -0.39 is 40.0 Å². The van der Waals surface area contributed by atoms with Crippen LogP contribution in [0.4, 0.5) is 23.2 Å². The summed E-state index contributed by atoms with van der Waals surface area (Å²) < 4.78 is 59.0. The summed E-state index contributed by atoms with van der Waals surface area (Å²) in [4.78, 5) is 34.9. The van der Waals surface area contributed by atoms with E-state index in [9.17, 15) is 31.9 Å². The van der Waals surface area contributed by atoms with Gasteiger partial charge in [-0.25, -0.2) is 4.39 Å². The zero-order valence-corrected chi connectivity index (χ0v) is 24.6. The van der Waals surface area contributed by atoms with Gasteiger partial charge in [0.05, 0.1) is 40.4 Å². The third kappa shape index (κ3) is 9.98. The molecule has 0 aliphatic heterocycles. The van der Waals surface area contributed by atoms with Gasteiger partial charge in [0.2, 0.25) is 0 Å². The zero-order chi connectivity index (χ0) is 32.0. The normalized spacial score (nSPS) is 10.0. The van der Waals surface area contributed by atoms with E-state index in [0.717, 1.165) is 18.2 Å². The minimum absolute atomic E-state index is 0.0243. The van der Waals surface area contributed by atoms with E-state index in [1.54, 1.807) is 6.07 Å². The second kappa shape index (κ2) is 16.9. The molecule has 222 valence electrons. The summed E-state index contributed by atoms with van der Waals surface area (Å²) in [6.45, 7) is 5.28. The molecule has 0 heterocycles. The Morgan fingerprint density at radius 2 is 1.62 bits per heavy atom. The summed E-state index contributed by atoms with van der Waals surface area (Å²) in [6.07, 6.45) is 0.281. The fraction of sp³-hybridized carbons (Fsp3) is 0.200. The molecule has 0 atom stereocenters. The lowest BCUT2D eigenvalue weighted by atomic mass is 9.99. The second-order valence-corrected chi connectivity index (χ2v) is 8.58. The van der Waals surface area contributed by atoms with Crippen LogP contribution in [0.5, 0.6) is 0 Å². The molecule has 3 aromatic carbocycles. The van der Waals surface area contributed by atoms with Crippen LogP contribution in [-0.4, -0.2) is 36.3 Å². The number of carbonyl (C=O) groups is 3. The number of nitrogens with one attached hydrogen (secondary N) is 2. The van der Waals surface area contributed by atoms with Crippen molar-refractivity contribution in [2.45, 2.75) is 26.9 Å². The fourth-order valence-electron chi connectivity index (χ4n) is 3.19. The summed E-state index contributed by atoms with van der Waals surface area (Å²) in [5.74, 6) is -0.447. The van der Waals surface area contributed by atoms with Gasteiger partial charge in [0.15, 0.2) is 0 Å². The Hall–Kier alpha value is -4.27. The van der Waals surface area contributed by atoms with Crippen molar-refractivity contribution in [2.24, 2.45) is 0 Å². The first kappa shape index (κ1) is 35.8. The average Bonchev–Trinajstić information content (AvgIpc) is 2.96. The van der Waals surface area contributed by atoms with Gasteiger partial charge in [-0.05, 0) is 30.3 Å². The number of methoxy groups -OCH3 is 1. The van der Waals surface area contributed by atoms with Crippen LogP contribution < -0.4 is 10.6 Å². The Labute approximate surface area is 251 Å². The molecule has 0 aliphatic rings. The number of esters is 1. The standard InChI is InChI=1S/C25H15ClF4N2O2S.C3H6O2.C2H6/c1-2-12-31-23(33)14-10-11-16(22(35)15-6-3-4-9-19(15)27)20(13-14)32-24(34)21-17(25(28,29)30)7-5-8-18(21)26;1-3(4)5-2;1-2/h1,3-11,13H,12H2,(H,31,33)(H,32,34);1-2H3;1-2H3. The number of rotatable bonds is 6. The molecule has 3 rings (SSSR count). The number of halogens is 5. The number of amides is 2. The number of carbonyl (C=O) groups excluding carboxylic acids is 3. The van der Waals surface area contributed by atoms with E-state index in [2.05, 4.69) is 21.3 Å². The molecule has 2 amide bonds.